The van der Waals surface area contributed by atoms with Crippen molar-refractivity contribution in [1.82, 2.24) is 34.6 Å². The van der Waals surface area contributed by atoms with E-state index in [1.807, 2.05) is 30.8 Å². The summed E-state index contributed by atoms with van der Waals surface area (Å²) in [6.45, 7) is 8.78. The minimum atomic E-state index is -0.167. The van der Waals surface area contributed by atoms with Crippen molar-refractivity contribution in [2.24, 2.45) is 7.05 Å². The van der Waals surface area contributed by atoms with Gasteiger partial charge in [-0.3, -0.25) is 9.58 Å². The SMILES string of the molecule is Cc1c(Cl)cc(C(C)Nc2ncnc3nc[nH]c23)c(OCCN2CCOCC2)c1-c1ccnn1C. The van der Waals surface area contributed by atoms with E-state index in [1.165, 1.54) is 6.33 Å². The second kappa shape index (κ2) is 10.2. The average molecular weight is 497 g/mol. The number of H-pyrrole nitrogens is 1. The topological polar surface area (TPSA) is 106 Å². The molecule has 0 saturated carbocycles. The summed E-state index contributed by atoms with van der Waals surface area (Å²) < 4.78 is 13.9. The Morgan fingerprint density at radius 2 is 2.09 bits per heavy atom. The summed E-state index contributed by atoms with van der Waals surface area (Å²) in [5.74, 6) is 1.46. The Kier molecular flexibility index (Phi) is 6.85. The Hall–Kier alpha value is -3.21. The van der Waals surface area contributed by atoms with Crippen LogP contribution >= 0.6 is 11.6 Å². The van der Waals surface area contributed by atoms with Gasteiger partial charge in [0, 0.05) is 49.0 Å². The van der Waals surface area contributed by atoms with E-state index in [-0.39, 0.29) is 6.04 Å². The number of aryl methyl sites for hydroxylation is 1. The lowest BCUT2D eigenvalue weighted by atomic mass is 9.96. The number of morpholine rings is 1. The number of hydrogen-bond acceptors (Lipinski definition) is 8. The Morgan fingerprint density at radius 1 is 1.26 bits per heavy atom. The number of benzene rings is 1. The quantitative estimate of drug-likeness (QED) is 0.381. The van der Waals surface area contributed by atoms with Crippen LogP contribution in [0.4, 0.5) is 5.82 Å². The third-order valence-electron chi connectivity index (χ3n) is 6.38. The molecule has 1 saturated heterocycles. The zero-order valence-electron chi connectivity index (χ0n) is 20.1. The summed E-state index contributed by atoms with van der Waals surface area (Å²) in [4.78, 5) is 18.3. The van der Waals surface area contributed by atoms with Gasteiger partial charge >= 0.3 is 0 Å². The van der Waals surface area contributed by atoms with Crippen LogP contribution in [-0.4, -0.2) is 74.1 Å². The molecular formula is C24H29ClN8O2. The first kappa shape index (κ1) is 23.5. The van der Waals surface area contributed by atoms with Gasteiger partial charge in [-0.2, -0.15) is 5.10 Å². The summed E-state index contributed by atoms with van der Waals surface area (Å²) in [6, 6.07) is 3.79. The first-order chi connectivity index (χ1) is 17.0. The van der Waals surface area contributed by atoms with Crippen LogP contribution in [0.25, 0.3) is 22.4 Å². The van der Waals surface area contributed by atoms with Crippen molar-refractivity contribution in [3.63, 3.8) is 0 Å². The van der Waals surface area contributed by atoms with Crippen molar-refractivity contribution in [2.45, 2.75) is 19.9 Å². The van der Waals surface area contributed by atoms with Crippen molar-refractivity contribution < 1.29 is 9.47 Å². The molecule has 1 aromatic carbocycles. The molecule has 1 unspecified atom stereocenters. The molecule has 11 heteroatoms. The Balaban J connectivity index is 1.51. The van der Waals surface area contributed by atoms with Crippen LogP contribution < -0.4 is 10.1 Å². The summed E-state index contributed by atoms with van der Waals surface area (Å²) in [5.41, 5.74) is 5.12. The molecule has 184 valence electrons. The molecule has 1 fully saturated rings. The maximum Gasteiger partial charge on any atom is 0.182 e. The zero-order chi connectivity index (χ0) is 24.4. The number of halogens is 1. The molecule has 4 aromatic rings. The molecule has 0 radical (unpaired) electrons. The highest BCUT2D eigenvalue weighted by Gasteiger charge is 2.24. The normalized spacial score (nSPS) is 15.4. The van der Waals surface area contributed by atoms with Gasteiger partial charge in [-0.15, -0.1) is 0 Å². The third kappa shape index (κ3) is 4.82. The van der Waals surface area contributed by atoms with Gasteiger partial charge in [-0.25, -0.2) is 15.0 Å². The molecule has 4 heterocycles. The van der Waals surface area contributed by atoms with E-state index >= 15 is 0 Å². The van der Waals surface area contributed by atoms with E-state index in [4.69, 9.17) is 21.1 Å². The van der Waals surface area contributed by atoms with Gasteiger partial charge in [0.05, 0.1) is 31.3 Å². The molecule has 0 amide bonds. The van der Waals surface area contributed by atoms with Crippen LogP contribution in [0.15, 0.2) is 31.0 Å². The second-order valence-corrected chi connectivity index (χ2v) is 9.02. The minimum Gasteiger partial charge on any atom is -0.491 e. The highest BCUT2D eigenvalue weighted by molar-refractivity contribution is 6.32. The number of ether oxygens (including phenoxy) is 2. The minimum absolute atomic E-state index is 0.167. The standard InChI is InChI=1S/C24H29ClN8O2/c1-15-18(25)12-17(16(2)31-24-21-23(27-13-26-21)28-14-29-24)22(20(15)19-4-5-30-32(19)3)35-11-8-33-6-9-34-10-7-33/h4-5,12-14,16H,6-11H2,1-3H3,(H2,26,27,28,29,31). The highest BCUT2D eigenvalue weighted by Crippen LogP contribution is 2.43. The number of nitrogens with one attached hydrogen (secondary N) is 2. The number of hydrogen-bond donors (Lipinski definition) is 2. The lowest BCUT2D eigenvalue weighted by molar-refractivity contribution is 0.0322. The molecule has 3 aromatic heterocycles. The summed E-state index contributed by atoms with van der Waals surface area (Å²) >= 11 is 6.76. The maximum absolute atomic E-state index is 6.76. The number of aromatic amines is 1. The lowest BCUT2D eigenvalue weighted by Gasteiger charge is -2.28. The van der Waals surface area contributed by atoms with Crippen molar-refractivity contribution in [3.05, 3.63) is 47.1 Å². The molecule has 35 heavy (non-hydrogen) atoms. The van der Waals surface area contributed by atoms with Gasteiger partial charge in [0.2, 0.25) is 0 Å². The first-order valence-corrected chi connectivity index (χ1v) is 12.1. The summed E-state index contributed by atoms with van der Waals surface area (Å²) in [6.07, 6.45) is 4.89. The molecule has 10 nitrogen and oxygen atoms in total. The molecule has 0 spiro atoms. The number of rotatable bonds is 8. The van der Waals surface area contributed by atoms with Crippen LogP contribution in [0.1, 0.15) is 24.1 Å². The van der Waals surface area contributed by atoms with Gasteiger partial charge in [-0.05, 0) is 31.5 Å². The predicted octanol–water partition coefficient (Wildman–Crippen LogP) is 3.60. The van der Waals surface area contributed by atoms with Crippen LogP contribution in [-0.2, 0) is 11.8 Å². The van der Waals surface area contributed by atoms with Crippen LogP contribution in [0.3, 0.4) is 0 Å². The highest BCUT2D eigenvalue weighted by atomic mass is 35.5. The Bertz CT molecular complexity index is 1310. The number of nitrogens with zero attached hydrogens (tertiary/aromatic N) is 6. The van der Waals surface area contributed by atoms with Crippen molar-refractivity contribution >= 4 is 28.6 Å². The molecule has 5 rings (SSSR count). The Labute approximate surface area is 208 Å². The fourth-order valence-electron chi connectivity index (χ4n) is 4.41. The van der Waals surface area contributed by atoms with E-state index in [2.05, 4.69) is 42.2 Å². The van der Waals surface area contributed by atoms with E-state index < -0.39 is 0 Å². The molecule has 1 aliphatic heterocycles. The van der Waals surface area contributed by atoms with Crippen LogP contribution in [0.5, 0.6) is 5.75 Å². The molecule has 0 aliphatic carbocycles. The Morgan fingerprint density at radius 3 is 2.86 bits per heavy atom. The molecule has 1 aliphatic rings. The summed E-state index contributed by atoms with van der Waals surface area (Å²) in [7, 11) is 1.92. The molecular weight excluding hydrogens is 468 g/mol. The lowest BCUT2D eigenvalue weighted by Crippen LogP contribution is -2.38. The van der Waals surface area contributed by atoms with E-state index in [9.17, 15) is 0 Å². The fraction of sp³-hybridized carbons (Fsp3) is 0.417. The van der Waals surface area contributed by atoms with Crippen molar-refractivity contribution in [3.8, 4) is 17.0 Å². The second-order valence-electron chi connectivity index (χ2n) is 8.61. The largest absolute Gasteiger partial charge is 0.491 e. The van der Waals surface area contributed by atoms with Gasteiger partial charge in [-0.1, -0.05) is 11.6 Å². The van der Waals surface area contributed by atoms with Crippen molar-refractivity contribution in [2.75, 3.05) is 44.8 Å². The van der Waals surface area contributed by atoms with Crippen LogP contribution in [0.2, 0.25) is 5.02 Å². The summed E-state index contributed by atoms with van der Waals surface area (Å²) in [5, 5.41) is 8.54. The monoisotopic (exact) mass is 496 g/mol. The molecule has 0 bridgehead atoms. The molecule has 1 atom stereocenters. The van der Waals surface area contributed by atoms with E-state index in [0.717, 1.165) is 66.5 Å². The van der Waals surface area contributed by atoms with Gasteiger partial charge in [0.1, 0.15) is 24.2 Å². The predicted molar refractivity (Wildman–Crippen MR) is 135 cm³/mol. The average Bonchev–Trinajstić information content (AvgIpc) is 3.51. The van der Waals surface area contributed by atoms with Gasteiger partial charge in [0.25, 0.3) is 0 Å². The van der Waals surface area contributed by atoms with Gasteiger partial charge < -0.3 is 19.8 Å². The molecule has 2 N–H and O–H groups in total. The van der Waals surface area contributed by atoms with E-state index in [1.54, 1.807) is 12.5 Å². The van der Waals surface area contributed by atoms with E-state index in [0.29, 0.717) is 23.1 Å². The third-order valence-corrected chi connectivity index (χ3v) is 6.77. The van der Waals surface area contributed by atoms with Gasteiger partial charge in [0.15, 0.2) is 11.5 Å². The number of aromatic nitrogens is 6. The smallest absolute Gasteiger partial charge is 0.182 e. The zero-order valence-corrected chi connectivity index (χ0v) is 20.8. The first-order valence-electron chi connectivity index (χ1n) is 11.7. The maximum atomic E-state index is 6.76. The fourth-order valence-corrected chi connectivity index (χ4v) is 4.62. The number of imidazole rings is 1. The number of fused-ring (bicyclic) bond motifs is 1. The van der Waals surface area contributed by atoms with Crippen molar-refractivity contribution in [1.29, 1.82) is 0 Å². The van der Waals surface area contributed by atoms with Crippen LogP contribution in [0, 0.1) is 6.92 Å². The number of anilines is 1.